The highest BCUT2D eigenvalue weighted by Crippen LogP contribution is 2.29. The summed E-state index contributed by atoms with van der Waals surface area (Å²) in [6.07, 6.45) is 2.42. The fraction of sp³-hybridized carbons (Fsp3) is 0.667. The van der Waals surface area contributed by atoms with Crippen molar-refractivity contribution in [1.82, 2.24) is 14.9 Å². The molecule has 0 aromatic carbocycles. The third kappa shape index (κ3) is 4.12. The molecular weight excluding hydrogens is 230 g/mol. The van der Waals surface area contributed by atoms with Crippen molar-refractivity contribution in [3.8, 4) is 5.88 Å². The summed E-state index contributed by atoms with van der Waals surface area (Å²) in [6, 6.07) is 0. The molecule has 0 saturated heterocycles. The average Bonchev–Trinajstić information content (AvgIpc) is 2.33. The first-order chi connectivity index (χ1) is 8.56. The minimum atomic E-state index is 0.251. The smallest absolute Gasteiger partial charge is 0.222 e. The van der Waals surface area contributed by atoms with Crippen LogP contribution in [-0.4, -0.2) is 42.1 Å². The van der Waals surface area contributed by atoms with Crippen LogP contribution in [0.25, 0.3) is 0 Å². The molecule has 1 heterocycles. The highest BCUT2D eigenvalue weighted by Gasteiger charge is 2.15. The van der Waals surface area contributed by atoms with Gasteiger partial charge in [0.15, 0.2) is 5.82 Å². The van der Waals surface area contributed by atoms with Crippen LogP contribution in [0.4, 0.5) is 5.82 Å². The van der Waals surface area contributed by atoms with Crippen LogP contribution >= 0.6 is 0 Å². The van der Waals surface area contributed by atoms with E-state index in [-0.39, 0.29) is 5.92 Å². The molecule has 0 aliphatic heterocycles. The van der Waals surface area contributed by atoms with E-state index in [2.05, 4.69) is 34.1 Å². The zero-order valence-corrected chi connectivity index (χ0v) is 11.6. The molecule has 0 atom stereocenters. The van der Waals surface area contributed by atoms with Gasteiger partial charge in [0.2, 0.25) is 5.88 Å². The maximum atomic E-state index is 5.72. The quantitative estimate of drug-likeness (QED) is 0.432. The van der Waals surface area contributed by atoms with E-state index in [1.54, 1.807) is 0 Å². The van der Waals surface area contributed by atoms with E-state index >= 15 is 0 Å². The monoisotopic (exact) mass is 253 g/mol. The van der Waals surface area contributed by atoms with Crippen molar-refractivity contribution >= 4 is 5.82 Å². The molecule has 1 aromatic heterocycles. The fourth-order valence-corrected chi connectivity index (χ4v) is 1.68. The first kappa shape index (κ1) is 14.7. The van der Waals surface area contributed by atoms with Crippen LogP contribution in [0.3, 0.4) is 0 Å². The van der Waals surface area contributed by atoms with Gasteiger partial charge in [-0.1, -0.05) is 13.8 Å². The Morgan fingerprint density at radius 1 is 1.39 bits per heavy atom. The summed E-state index contributed by atoms with van der Waals surface area (Å²) in [4.78, 5) is 10.4. The largest absolute Gasteiger partial charge is 0.477 e. The number of nitrogens with two attached hydrogens (primary N) is 1. The molecule has 1 aromatic rings. The van der Waals surface area contributed by atoms with E-state index in [9.17, 15) is 0 Å². The Labute approximate surface area is 109 Å². The van der Waals surface area contributed by atoms with Crippen LogP contribution < -0.4 is 16.0 Å². The third-order valence-corrected chi connectivity index (χ3v) is 2.55. The van der Waals surface area contributed by atoms with Crippen LogP contribution in [0, 0.1) is 0 Å². The van der Waals surface area contributed by atoms with Crippen LogP contribution in [0.15, 0.2) is 6.33 Å². The van der Waals surface area contributed by atoms with Gasteiger partial charge in [0.05, 0.1) is 12.2 Å². The number of ether oxygens (including phenoxy) is 1. The van der Waals surface area contributed by atoms with Crippen LogP contribution in [0.2, 0.25) is 0 Å². The molecule has 18 heavy (non-hydrogen) atoms. The van der Waals surface area contributed by atoms with Crippen molar-refractivity contribution in [3.63, 3.8) is 0 Å². The highest BCUT2D eigenvalue weighted by atomic mass is 16.5. The molecule has 0 unspecified atom stereocenters. The lowest BCUT2D eigenvalue weighted by atomic mass is 10.1. The third-order valence-electron chi connectivity index (χ3n) is 2.55. The van der Waals surface area contributed by atoms with Gasteiger partial charge in [0, 0.05) is 6.54 Å². The van der Waals surface area contributed by atoms with Crippen molar-refractivity contribution in [2.45, 2.75) is 26.2 Å². The molecule has 6 heteroatoms. The number of anilines is 1. The van der Waals surface area contributed by atoms with Crippen molar-refractivity contribution in [2.75, 3.05) is 32.7 Å². The number of hydrogen-bond donors (Lipinski definition) is 2. The van der Waals surface area contributed by atoms with Crippen LogP contribution in [0.1, 0.15) is 31.7 Å². The molecule has 0 spiro atoms. The van der Waals surface area contributed by atoms with Gasteiger partial charge in [-0.05, 0) is 26.4 Å². The average molecular weight is 253 g/mol. The van der Waals surface area contributed by atoms with Crippen LogP contribution in [0.5, 0.6) is 5.88 Å². The first-order valence-electron chi connectivity index (χ1n) is 6.15. The lowest BCUT2D eigenvalue weighted by Crippen LogP contribution is -2.17. The van der Waals surface area contributed by atoms with Gasteiger partial charge in [-0.2, -0.15) is 0 Å². The molecule has 0 amide bonds. The second-order valence-corrected chi connectivity index (χ2v) is 4.75. The summed E-state index contributed by atoms with van der Waals surface area (Å²) < 4.78 is 5.72. The molecular formula is C12H23N5O. The van der Waals surface area contributed by atoms with Gasteiger partial charge >= 0.3 is 0 Å². The standard InChI is InChI=1S/C12H23N5O/c1-9(2)10-11(16-13)14-8-15-12(10)18-7-5-6-17(3)4/h8-9H,5-7,13H2,1-4H3,(H,14,15,16). The van der Waals surface area contributed by atoms with E-state index in [1.807, 2.05) is 14.1 Å². The fourth-order valence-electron chi connectivity index (χ4n) is 1.68. The van der Waals surface area contributed by atoms with Crippen molar-refractivity contribution in [1.29, 1.82) is 0 Å². The zero-order valence-electron chi connectivity index (χ0n) is 11.6. The zero-order chi connectivity index (χ0) is 13.5. The number of rotatable bonds is 7. The second kappa shape index (κ2) is 7.13. The molecule has 0 fully saturated rings. The molecule has 0 saturated carbocycles. The number of aromatic nitrogens is 2. The van der Waals surface area contributed by atoms with Gasteiger partial charge in [-0.15, -0.1) is 0 Å². The molecule has 6 nitrogen and oxygen atoms in total. The Balaban J connectivity index is 2.69. The van der Waals surface area contributed by atoms with Crippen LogP contribution in [-0.2, 0) is 0 Å². The molecule has 0 bridgehead atoms. The topological polar surface area (TPSA) is 76.3 Å². The minimum absolute atomic E-state index is 0.251. The van der Waals surface area contributed by atoms with Gasteiger partial charge in [-0.3, -0.25) is 0 Å². The number of hydrogen-bond acceptors (Lipinski definition) is 6. The maximum Gasteiger partial charge on any atom is 0.222 e. The van der Waals surface area contributed by atoms with E-state index in [0.29, 0.717) is 18.3 Å². The van der Waals surface area contributed by atoms with Crippen molar-refractivity contribution < 1.29 is 4.74 Å². The van der Waals surface area contributed by atoms with Gasteiger partial charge in [0.25, 0.3) is 0 Å². The Morgan fingerprint density at radius 3 is 2.67 bits per heavy atom. The number of nitrogen functional groups attached to an aromatic ring is 1. The van der Waals surface area contributed by atoms with Gasteiger partial charge in [-0.25, -0.2) is 15.8 Å². The van der Waals surface area contributed by atoms with E-state index in [4.69, 9.17) is 10.6 Å². The highest BCUT2D eigenvalue weighted by molar-refractivity contribution is 5.49. The summed E-state index contributed by atoms with van der Waals surface area (Å²) in [7, 11) is 4.08. The first-order valence-corrected chi connectivity index (χ1v) is 6.15. The molecule has 3 N–H and O–H groups in total. The summed E-state index contributed by atoms with van der Waals surface area (Å²) in [6.45, 7) is 5.75. The molecule has 0 aliphatic carbocycles. The Hall–Kier alpha value is -1.40. The molecule has 0 aliphatic rings. The lowest BCUT2D eigenvalue weighted by Gasteiger charge is -2.16. The molecule has 102 valence electrons. The predicted octanol–water partition coefficient (Wildman–Crippen LogP) is 1.22. The normalized spacial score (nSPS) is 11.1. The summed E-state index contributed by atoms with van der Waals surface area (Å²) in [5.74, 6) is 6.95. The Morgan fingerprint density at radius 2 is 2.11 bits per heavy atom. The van der Waals surface area contributed by atoms with Crippen molar-refractivity contribution in [2.24, 2.45) is 5.84 Å². The van der Waals surface area contributed by atoms with Gasteiger partial charge < -0.3 is 15.1 Å². The van der Waals surface area contributed by atoms with E-state index in [1.165, 1.54) is 6.33 Å². The minimum Gasteiger partial charge on any atom is -0.477 e. The molecule has 0 radical (unpaired) electrons. The summed E-state index contributed by atoms with van der Waals surface area (Å²) in [5, 5.41) is 0. The Bertz CT molecular complexity index is 367. The summed E-state index contributed by atoms with van der Waals surface area (Å²) >= 11 is 0. The van der Waals surface area contributed by atoms with E-state index in [0.717, 1.165) is 18.5 Å². The number of nitrogens with zero attached hydrogens (tertiary/aromatic N) is 3. The molecule has 1 rings (SSSR count). The second-order valence-electron chi connectivity index (χ2n) is 4.75. The van der Waals surface area contributed by atoms with Gasteiger partial charge in [0.1, 0.15) is 6.33 Å². The van der Waals surface area contributed by atoms with Crippen molar-refractivity contribution in [3.05, 3.63) is 11.9 Å². The maximum absolute atomic E-state index is 5.72. The SMILES string of the molecule is CC(C)c1c(NN)ncnc1OCCCN(C)C. The Kier molecular flexibility index (Phi) is 5.80. The summed E-state index contributed by atoms with van der Waals surface area (Å²) in [5.41, 5.74) is 3.51. The number of nitrogens with one attached hydrogen (secondary N) is 1. The van der Waals surface area contributed by atoms with E-state index < -0.39 is 0 Å². The number of hydrazine groups is 1. The predicted molar refractivity (Wildman–Crippen MR) is 72.6 cm³/mol. The lowest BCUT2D eigenvalue weighted by molar-refractivity contribution is 0.269.